The number of ether oxygens (including phenoxy) is 1. The molecule has 0 fully saturated rings. The van der Waals surface area contributed by atoms with Gasteiger partial charge in [-0.1, -0.05) is 12.1 Å². The molecule has 1 aromatic heterocycles. The minimum absolute atomic E-state index is 0.182. The van der Waals surface area contributed by atoms with Crippen LogP contribution in [0.25, 0.3) is 0 Å². The van der Waals surface area contributed by atoms with E-state index in [1.807, 2.05) is 12.1 Å². The standard InChI is InChI=1S/C13H15N5O2/c1-8-16-12(14)18-13(17-8)15-7-9-3-5-10(6-4-9)11(19)20-2/h3-6H,7H2,1-2H3,(H3,14,15,16,17,18). The Balaban J connectivity index is 2.02. The summed E-state index contributed by atoms with van der Waals surface area (Å²) in [5.41, 5.74) is 7.03. The summed E-state index contributed by atoms with van der Waals surface area (Å²) in [6.45, 7) is 2.26. The second kappa shape index (κ2) is 5.96. The first-order valence-corrected chi connectivity index (χ1v) is 5.98. The molecule has 0 saturated carbocycles. The highest BCUT2D eigenvalue weighted by Gasteiger charge is 2.05. The molecule has 104 valence electrons. The second-order valence-corrected chi connectivity index (χ2v) is 4.11. The molecule has 0 radical (unpaired) electrons. The molecule has 0 saturated heterocycles. The van der Waals surface area contributed by atoms with E-state index in [1.165, 1.54) is 7.11 Å². The summed E-state index contributed by atoms with van der Waals surface area (Å²) >= 11 is 0. The van der Waals surface area contributed by atoms with Crippen LogP contribution in [-0.4, -0.2) is 28.0 Å². The first-order valence-electron chi connectivity index (χ1n) is 5.98. The minimum Gasteiger partial charge on any atom is -0.465 e. The molecule has 0 unspecified atom stereocenters. The highest BCUT2D eigenvalue weighted by molar-refractivity contribution is 5.89. The highest BCUT2D eigenvalue weighted by Crippen LogP contribution is 2.08. The Kier molecular flexibility index (Phi) is 4.09. The van der Waals surface area contributed by atoms with Crippen molar-refractivity contribution >= 4 is 17.9 Å². The molecule has 0 amide bonds. The number of nitrogens with one attached hydrogen (secondary N) is 1. The molecule has 1 heterocycles. The number of rotatable bonds is 4. The third kappa shape index (κ3) is 3.41. The van der Waals surface area contributed by atoms with Crippen LogP contribution < -0.4 is 11.1 Å². The third-order valence-corrected chi connectivity index (χ3v) is 2.59. The van der Waals surface area contributed by atoms with Crippen molar-refractivity contribution < 1.29 is 9.53 Å². The first kappa shape index (κ1) is 13.7. The van der Waals surface area contributed by atoms with Gasteiger partial charge in [0.05, 0.1) is 12.7 Å². The van der Waals surface area contributed by atoms with Gasteiger partial charge in [0.2, 0.25) is 11.9 Å². The van der Waals surface area contributed by atoms with E-state index in [0.29, 0.717) is 23.9 Å². The zero-order chi connectivity index (χ0) is 14.5. The molecule has 1 aromatic carbocycles. The number of esters is 1. The zero-order valence-corrected chi connectivity index (χ0v) is 11.3. The van der Waals surface area contributed by atoms with E-state index in [9.17, 15) is 4.79 Å². The number of aromatic nitrogens is 3. The molecular formula is C13H15N5O2. The average molecular weight is 273 g/mol. The van der Waals surface area contributed by atoms with Crippen molar-refractivity contribution in [2.45, 2.75) is 13.5 Å². The van der Waals surface area contributed by atoms with Gasteiger partial charge >= 0.3 is 5.97 Å². The van der Waals surface area contributed by atoms with Crippen LogP contribution in [-0.2, 0) is 11.3 Å². The summed E-state index contributed by atoms with van der Waals surface area (Å²) in [4.78, 5) is 23.3. The van der Waals surface area contributed by atoms with Gasteiger partial charge < -0.3 is 15.8 Å². The topological polar surface area (TPSA) is 103 Å². The number of nitrogen functional groups attached to an aromatic ring is 1. The lowest BCUT2D eigenvalue weighted by atomic mass is 10.1. The number of carbonyl (C=O) groups excluding carboxylic acids is 1. The first-order chi connectivity index (χ1) is 9.58. The van der Waals surface area contributed by atoms with Crippen LogP contribution in [0.3, 0.4) is 0 Å². The van der Waals surface area contributed by atoms with Gasteiger partial charge in [-0.3, -0.25) is 0 Å². The van der Waals surface area contributed by atoms with Crippen molar-refractivity contribution in [2.24, 2.45) is 0 Å². The fourth-order valence-electron chi connectivity index (χ4n) is 1.64. The van der Waals surface area contributed by atoms with Crippen LogP contribution in [0.15, 0.2) is 24.3 Å². The van der Waals surface area contributed by atoms with E-state index in [1.54, 1.807) is 19.1 Å². The zero-order valence-electron chi connectivity index (χ0n) is 11.3. The molecule has 3 N–H and O–H groups in total. The van der Waals surface area contributed by atoms with Gasteiger partial charge in [-0.25, -0.2) is 4.79 Å². The Hall–Kier alpha value is -2.70. The fourth-order valence-corrected chi connectivity index (χ4v) is 1.64. The van der Waals surface area contributed by atoms with Crippen molar-refractivity contribution in [1.29, 1.82) is 0 Å². The van der Waals surface area contributed by atoms with E-state index >= 15 is 0 Å². The summed E-state index contributed by atoms with van der Waals surface area (Å²) in [6, 6.07) is 7.07. The van der Waals surface area contributed by atoms with Gasteiger partial charge in [0.15, 0.2) is 0 Å². The lowest BCUT2D eigenvalue weighted by Crippen LogP contribution is -2.08. The van der Waals surface area contributed by atoms with Crippen molar-refractivity contribution in [2.75, 3.05) is 18.2 Å². The highest BCUT2D eigenvalue weighted by atomic mass is 16.5. The van der Waals surface area contributed by atoms with Crippen molar-refractivity contribution in [1.82, 2.24) is 15.0 Å². The van der Waals surface area contributed by atoms with Gasteiger partial charge in [0.25, 0.3) is 0 Å². The van der Waals surface area contributed by atoms with E-state index < -0.39 is 0 Å². The van der Waals surface area contributed by atoms with Crippen LogP contribution in [0.2, 0.25) is 0 Å². The van der Waals surface area contributed by atoms with Gasteiger partial charge in [0, 0.05) is 6.54 Å². The number of nitrogens with zero attached hydrogens (tertiary/aromatic N) is 3. The predicted molar refractivity (Wildman–Crippen MR) is 74.1 cm³/mol. The molecule has 7 heteroatoms. The van der Waals surface area contributed by atoms with E-state index in [4.69, 9.17) is 5.73 Å². The van der Waals surface area contributed by atoms with E-state index in [0.717, 1.165) is 5.56 Å². The van der Waals surface area contributed by atoms with Crippen molar-refractivity contribution in [3.8, 4) is 0 Å². The Labute approximate surface area is 116 Å². The molecule has 0 bridgehead atoms. The number of benzene rings is 1. The van der Waals surface area contributed by atoms with Gasteiger partial charge in [-0.15, -0.1) is 0 Å². The number of aryl methyl sites for hydroxylation is 1. The van der Waals surface area contributed by atoms with Crippen LogP contribution in [0.4, 0.5) is 11.9 Å². The molecule has 0 spiro atoms. The summed E-state index contributed by atoms with van der Waals surface area (Å²) in [6.07, 6.45) is 0. The smallest absolute Gasteiger partial charge is 0.337 e. The Morgan fingerprint density at radius 2 is 1.95 bits per heavy atom. The molecule has 0 aliphatic rings. The molecule has 0 aliphatic heterocycles. The van der Waals surface area contributed by atoms with Crippen LogP contribution in [0.1, 0.15) is 21.7 Å². The van der Waals surface area contributed by atoms with Gasteiger partial charge in [-0.05, 0) is 24.6 Å². The summed E-state index contributed by atoms with van der Waals surface area (Å²) in [7, 11) is 1.35. The quantitative estimate of drug-likeness (QED) is 0.805. The molecule has 7 nitrogen and oxygen atoms in total. The number of methoxy groups -OCH3 is 1. The SMILES string of the molecule is COC(=O)c1ccc(CNc2nc(C)nc(N)n2)cc1. The van der Waals surface area contributed by atoms with Gasteiger partial charge in [0.1, 0.15) is 5.82 Å². The lowest BCUT2D eigenvalue weighted by Gasteiger charge is -2.06. The van der Waals surface area contributed by atoms with E-state index in [-0.39, 0.29) is 11.9 Å². The predicted octanol–water partition coefficient (Wildman–Crippen LogP) is 1.16. The number of hydrogen-bond donors (Lipinski definition) is 2. The maximum absolute atomic E-state index is 11.3. The Morgan fingerprint density at radius 1 is 1.25 bits per heavy atom. The van der Waals surface area contributed by atoms with Crippen LogP contribution in [0, 0.1) is 6.92 Å². The van der Waals surface area contributed by atoms with Crippen molar-refractivity contribution in [3.63, 3.8) is 0 Å². The summed E-state index contributed by atoms with van der Waals surface area (Å²) < 4.78 is 4.64. The molecule has 0 aliphatic carbocycles. The minimum atomic E-state index is -0.356. The normalized spacial score (nSPS) is 10.1. The average Bonchev–Trinajstić information content (AvgIpc) is 2.44. The molecule has 2 aromatic rings. The number of anilines is 2. The Bertz CT molecular complexity index is 592. The maximum atomic E-state index is 11.3. The lowest BCUT2D eigenvalue weighted by molar-refractivity contribution is 0.0600. The van der Waals surface area contributed by atoms with Gasteiger partial charge in [-0.2, -0.15) is 15.0 Å². The number of carbonyl (C=O) groups is 1. The summed E-state index contributed by atoms with van der Waals surface area (Å²) in [5.74, 6) is 0.805. The molecule has 0 atom stereocenters. The maximum Gasteiger partial charge on any atom is 0.337 e. The summed E-state index contributed by atoms with van der Waals surface area (Å²) in [5, 5.41) is 3.05. The molecule has 2 rings (SSSR count). The molecular weight excluding hydrogens is 258 g/mol. The number of hydrogen-bond acceptors (Lipinski definition) is 7. The van der Waals surface area contributed by atoms with E-state index in [2.05, 4.69) is 25.0 Å². The largest absolute Gasteiger partial charge is 0.465 e. The monoisotopic (exact) mass is 273 g/mol. The van der Waals surface area contributed by atoms with Crippen LogP contribution in [0.5, 0.6) is 0 Å². The van der Waals surface area contributed by atoms with Crippen molar-refractivity contribution in [3.05, 3.63) is 41.2 Å². The molecule has 20 heavy (non-hydrogen) atoms. The third-order valence-electron chi connectivity index (χ3n) is 2.59. The Morgan fingerprint density at radius 3 is 2.55 bits per heavy atom. The fraction of sp³-hybridized carbons (Fsp3) is 0.231. The number of nitrogens with two attached hydrogens (primary N) is 1. The second-order valence-electron chi connectivity index (χ2n) is 4.11. The van der Waals surface area contributed by atoms with Crippen LogP contribution >= 0.6 is 0 Å².